The Morgan fingerprint density at radius 2 is 2.33 bits per heavy atom. The third kappa shape index (κ3) is 5.71. The molecule has 0 amide bonds. The fourth-order valence-electron chi connectivity index (χ4n) is 1.24. The normalized spacial score (nSPS) is 11.9. The minimum Gasteiger partial charge on any atom is -0.492 e. The summed E-state index contributed by atoms with van der Waals surface area (Å²) in [6.07, 6.45) is 0. The number of halogens is 2. The standard InChI is InChI=1S/C12H15BrClNO3/c1-17-12(16)11(14)8-15-5-6-18-10-4-2-3-9(13)7-10/h2-4,7,11,15H,5-6,8H2,1H3. The molecule has 1 rings (SSSR count). The zero-order valence-electron chi connectivity index (χ0n) is 9.99. The molecule has 0 bridgehead atoms. The average Bonchev–Trinajstić information content (AvgIpc) is 2.37. The molecule has 6 heteroatoms. The monoisotopic (exact) mass is 335 g/mol. The van der Waals surface area contributed by atoms with Crippen LogP contribution >= 0.6 is 27.5 Å². The van der Waals surface area contributed by atoms with E-state index in [1.165, 1.54) is 7.11 Å². The SMILES string of the molecule is COC(=O)C(Cl)CNCCOc1cccc(Br)c1. The van der Waals surface area contributed by atoms with Crippen molar-refractivity contribution in [1.29, 1.82) is 0 Å². The van der Waals surface area contributed by atoms with Crippen LogP contribution in [0.15, 0.2) is 28.7 Å². The van der Waals surface area contributed by atoms with Crippen molar-refractivity contribution in [2.75, 3.05) is 26.8 Å². The van der Waals surface area contributed by atoms with Crippen LogP contribution in [0.1, 0.15) is 0 Å². The molecule has 0 aliphatic carbocycles. The highest BCUT2D eigenvalue weighted by atomic mass is 79.9. The number of hydrogen-bond donors (Lipinski definition) is 1. The molecule has 0 heterocycles. The number of nitrogens with one attached hydrogen (secondary N) is 1. The van der Waals surface area contributed by atoms with Crippen molar-refractivity contribution in [2.45, 2.75) is 5.38 Å². The van der Waals surface area contributed by atoms with E-state index in [0.717, 1.165) is 10.2 Å². The Labute approximate surface area is 120 Å². The Bertz CT molecular complexity index is 389. The van der Waals surface area contributed by atoms with Gasteiger partial charge in [-0.25, -0.2) is 0 Å². The molecule has 100 valence electrons. The summed E-state index contributed by atoms with van der Waals surface area (Å²) >= 11 is 9.13. The molecular formula is C12H15BrClNO3. The van der Waals surface area contributed by atoms with Gasteiger partial charge in [0, 0.05) is 17.6 Å². The van der Waals surface area contributed by atoms with Gasteiger partial charge in [-0.3, -0.25) is 4.79 Å². The van der Waals surface area contributed by atoms with E-state index in [9.17, 15) is 4.79 Å². The second-order valence-electron chi connectivity index (χ2n) is 3.50. The topological polar surface area (TPSA) is 47.6 Å². The highest BCUT2D eigenvalue weighted by Gasteiger charge is 2.14. The van der Waals surface area contributed by atoms with Crippen LogP contribution in [0.3, 0.4) is 0 Å². The van der Waals surface area contributed by atoms with Crippen molar-refractivity contribution in [3.05, 3.63) is 28.7 Å². The lowest BCUT2D eigenvalue weighted by atomic mass is 10.3. The second-order valence-corrected chi connectivity index (χ2v) is 4.94. The van der Waals surface area contributed by atoms with Crippen LogP contribution in [0.25, 0.3) is 0 Å². The molecule has 0 aliphatic rings. The lowest BCUT2D eigenvalue weighted by Gasteiger charge is -2.10. The molecule has 0 aromatic heterocycles. The quantitative estimate of drug-likeness (QED) is 0.471. The van der Waals surface area contributed by atoms with Crippen molar-refractivity contribution in [3.8, 4) is 5.75 Å². The number of hydrogen-bond acceptors (Lipinski definition) is 4. The first kappa shape index (κ1) is 15.3. The van der Waals surface area contributed by atoms with E-state index in [2.05, 4.69) is 26.0 Å². The predicted molar refractivity (Wildman–Crippen MR) is 74.2 cm³/mol. The summed E-state index contributed by atoms with van der Waals surface area (Å²) < 4.78 is 11.0. The lowest BCUT2D eigenvalue weighted by Crippen LogP contribution is -2.32. The Hall–Kier alpha value is -0.780. The van der Waals surface area contributed by atoms with E-state index in [4.69, 9.17) is 16.3 Å². The van der Waals surface area contributed by atoms with Gasteiger partial charge in [0.25, 0.3) is 0 Å². The van der Waals surface area contributed by atoms with Crippen LogP contribution in [0.2, 0.25) is 0 Å². The first-order valence-electron chi connectivity index (χ1n) is 5.44. The van der Waals surface area contributed by atoms with Crippen LogP contribution < -0.4 is 10.1 Å². The third-order valence-corrected chi connectivity index (χ3v) is 2.95. The lowest BCUT2D eigenvalue weighted by molar-refractivity contribution is -0.140. The Balaban J connectivity index is 2.14. The maximum atomic E-state index is 11.0. The molecule has 0 saturated heterocycles. The Kier molecular flexibility index (Phi) is 7.08. The first-order valence-corrected chi connectivity index (χ1v) is 6.67. The highest BCUT2D eigenvalue weighted by Crippen LogP contribution is 2.17. The van der Waals surface area contributed by atoms with Gasteiger partial charge in [0.1, 0.15) is 17.7 Å². The van der Waals surface area contributed by atoms with Crippen LogP contribution in [0.4, 0.5) is 0 Å². The van der Waals surface area contributed by atoms with Gasteiger partial charge in [0.15, 0.2) is 0 Å². The van der Waals surface area contributed by atoms with E-state index < -0.39 is 11.3 Å². The second kappa shape index (κ2) is 8.34. The van der Waals surface area contributed by atoms with E-state index in [-0.39, 0.29) is 0 Å². The van der Waals surface area contributed by atoms with Crippen LogP contribution in [-0.2, 0) is 9.53 Å². The van der Waals surface area contributed by atoms with E-state index in [0.29, 0.717) is 19.7 Å². The number of ether oxygens (including phenoxy) is 2. The summed E-state index contributed by atoms with van der Waals surface area (Å²) in [5.41, 5.74) is 0. The summed E-state index contributed by atoms with van der Waals surface area (Å²) in [5, 5.41) is 2.35. The molecule has 1 atom stereocenters. The van der Waals surface area contributed by atoms with Crippen molar-refractivity contribution in [2.24, 2.45) is 0 Å². The van der Waals surface area contributed by atoms with Gasteiger partial charge in [0.2, 0.25) is 0 Å². The van der Waals surface area contributed by atoms with Crippen molar-refractivity contribution in [3.63, 3.8) is 0 Å². The van der Waals surface area contributed by atoms with Crippen molar-refractivity contribution < 1.29 is 14.3 Å². The van der Waals surface area contributed by atoms with Crippen LogP contribution in [-0.4, -0.2) is 38.2 Å². The highest BCUT2D eigenvalue weighted by molar-refractivity contribution is 9.10. The third-order valence-electron chi connectivity index (χ3n) is 2.12. The van der Waals surface area contributed by atoms with Gasteiger partial charge < -0.3 is 14.8 Å². The summed E-state index contributed by atoms with van der Waals surface area (Å²) in [4.78, 5) is 11.0. The van der Waals surface area contributed by atoms with Crippen molar-refractivity contribution >= 4 is 33.5 Å². The molecule has 1 N–H and O–H groups in total. The summed E-state index contributed by atoms with van der Waals surface area (Å²) in [6.45, 7) is 1.46. The van der Waals surface area contributed by atoms with Crippen LogP contribution in [0, 0.1) is 0 Å². The molecule has 0 fully saturated rings. The molecule has 1 aromatic rings. The van der Waals surface area contributed by atoms with Gasteiger partial charge in [-0.1, -0.05) is 22.0 Å². The van der Waals surface area contributed by atoms with Crippen molar-refractivity contribution in [1.82, 2.24) is 5.32 Å². The van der Waals surface area contributed by atoms with Gasteiger partial charge in [0.05, 0.1) is 7.11 Å². The average molecular weight is 337 g/mol. The van der Waals surface area contributed by atoms with Crippen LogP contribution in [0.5, 0.6) is 5.75 Å². The predicted octanol–water partition coefficient (Wildman–Crippen LogP) is 2.20. The maximum Gasteiger partial charge on any atom is 0.325 e. The first-order chi connectivity index (χ1) is 8.63. The summed E-state index contributed by atoms with van der Waals surface area (Å²) in [5.74, 6) is 0.360. The number of esters is 1. The fourth-order valence-corrected chi connectivity index (χ4v) is 1.81. The zero-order valence-corrected chi connectivity index (χ0v) is 12.3. The van der Waals surface area contributed by atoms with E-state index in [1.807, 2.05) is 24.3 Å². The summed E-state index contributed by atoms with van der Waals surface area (Å²) in [6, 6.07) is 7.60. The molecule has 0 aliphatic heterocycles. The molecule has 0 saturated carbocycles. The molecular weight excluding hydrogens is 321 g/mol. The Morgan fingerprint density at radius 3 is 3.00 bits per heavy atom. The van der Waals surface area contributed by atoms with E-state index in [1.54, 1.807) is 0 Å². The van der Waals surface area contributed by atoms with Gasteiger partial charge in [-0.05, 0) is 18.2 Å². The number of methoxy groups -OCH3 is 1. The van der Waals surface area contributed by atoms with Gasteiger partial charge in [-0.2, -0.15) is 0 Å². The van der Waals surface area contributed by atoms with E-state index >= 15 is 0 Å². The summed E-state index contributed by atoms with van der Waals surface area (Å²) in [7, 11) is 1.31. The number of benzene rings is 1. The fraction of sp³-hybridized carbons (Fsp3) is 0.417. The Morgan fingerprint density at radius 1 is 1.56 bits per heavy atom. The zero-order chi connectivity index (χ0) is 13.4. The molecule has 1 aromatic carbocycles. The largest absolute Gasteiger partial charge is 0.492 e. The molecule has 0 spiro atoms. The number of alkyl halides is 1. The maximum absolute atomic E-state index is 11.0. The number of carbonyl (C=O) groups is 1. The molecule has 0 radical (unpaired) electrons. The number of rotatable bonds is 7. The van der Waals surface area contributed by atoms with Gasteiger partial charge in [-0.15, -0.1) is 11.6 Å². The molecule has 1 unspecified atom stereocenters. The smallest absolute Gasteiger partial charge is 0.325 e. The van der Waals surface area contributed by atoms with Gasteiger partial charge >= 0.3 is 5.97 Å². The minimum atomic E-state index is -0.666. The number of carbonyl (C=O) groups excluding carboxylic acids is 1. The molecule has 4 nitrogen and oxygen atoms in total. The minimum absolute atomic E-state index is 0.357. The molecule has 18 heavy (non-hydrogen) atoms.